The molecule has 0 saturated heterocycles. The number of carbonyl (C=O) groups is 1. The van der Waals surface area contributed by atoms with Crippen LogP contribution in [-0.2, 0) is 4.74 Å². The molecule has 1 atom stereocenters. The van der Waals surface area contributed by atoms with Crippen LogP contribution < -0.4 is 20.7 Å². The highest BCUT2D eigenvalue weighted by atomic mass is 35.5. The number of hydrogen-bond donors (Lipinski definition) is 3. The van der Waals surface area contributed by atoms with Gasteiger partial charge in [0.2, 0.25) is 0 Å². The highest BCUT2D eigenvalue weighted by Crippen LogP contribution is 2.32. The van der Waals surface area contributed by atoms with Crippen LogP contribution >= 0.6 is 11.6 Å². The Morgan fingerprint density at radius 2 is 1.67 bits per heavy atom. The van der Waals surface area contributed by atoms with Gasteiger partial charge in [0.05, 0.1) is 0 Å². The lowest BCUT2D eigenvalue weighted by Gasteiger charge is -2.23. The second-order valence-electron chi connectivity index (χ2n) is 10.4. The first-order valence-corrected chi connectivity index (χ1v) is 13.9. The number of hydrogen-bond acceptors (Lipinski definition) is 7. The first kappa shape index (κ1) is 30.0. The minimum Gasteiger partial charge on any atom is -0.457 e. The number of para-hydroxylation sites is 1. The molecule has 0 aliphatic carbocycles. The molecule has 0 spiro atoms. The molecule has 8 nitrogen and oxygen atoms in total. The molecular weight excluding hydrogens is 514 g/mol. The highest BCUT2D eigenvalue weighted by molar-refractivity contribution is 6.32. The van der Waals surface area contributed by atoms with E-state index in [1.807, 2.05) is 75.4 Å². The predicted molar refractivity (Wildman–Crippen MR) is 158 cm³/mol. The number of halogens is 1. The molecule has 210 valence electrons. The summed E-state index contributed by atoms with van der Waals surface area (Å²) in [6.45, 7) is 8.22. The van der Waals surface area contributed by atoms with Gasteiger partial charge >= 0.3 is 6.09 Å². The number of nitrogens with zero attached hydrogens (tertiary/aromatic N) is 2. The molecule has 0 aliphatic heterocycles. The Morgan fingerprint density at radius 1 is 0.949 bits per heavy atom. The van der Waals surface area contributed by atoms with E-state index in [0.29, 0.717) is 29.6 Å². The molecule has 0 fully saturated rings. The van der Waals surface area contributed by atoms with E-state index in [1.165, 1.54) is 19.2 Å². The van der Waals surface area contributed by atoms with Gasteiger partial charge in [-0.1, -0.05) is 62.4 Å². The van der Waals surface area contributed by atoms with Crippen molar-refractivity contribution in [1.82, 2.24) is 15.3 Å². The van der Waals surface area contributed by atoms with Gasteiger partial charge in [-0.05, 0) is 70.0 Å². The maximum Gasteiger partial charge on any atom is 0.407 e. The summed E-state index contributed by atoms with van der Waals surface area (Å²) in [4.78, 5) is 20.8. The zero-order valence-electron chi connectivity index (χ0n) is 23.3. The van der Waals surface area contributed by atoms with Gasteiger partial charge in [-0.25, -0.2) is 14.8 Å². The number of nitrogens with one attached hydrogen (secondary N) is 3. The first-order chi connectivity index (χ1) is 18.7. The Morgan fingerprint density at radius 3 is 2.36 bits per heavy atom. The second-order valence-corrected chi connectivity index (χ2v) is 10.7. The van der Waals surface area contributed by atoms with E-state index in [-0.39, 0.29) is 6.04 Å². The van der Waals surface area contributed by atoms with Gasteiger partial charge in [-0.3, -0.25) is 0 Å². The van der Waals surface area contributed by atoms with Crippen LogP contribution in [0.1, 0.15) is 66.2 Å². The molecule has 1 unspecified atom stereocenters. The van der Waals surface area contributed by atoms with Gasteiger partial charge in [0, 0.05) is 18.3 Å². The van der Waals surface area contributed by atoms with Crippen molar-refractivity contribution in [3.63, 3.8) is 0 Å². The number of unbranched alkanes of at least 4 members (excludes halogenated alkanes) is 3. The first-order valence-electron chi connectivity index (χ1n) is 13.6. The van der Waals surface area contributed by atoms with Crippen LogP contribution in [0.2, 0.25) is 5.15 Å². The maximum atomic E-state index is 12.1. The molecule has 1 aromatic heterocycles. The average Bonchev–Trinajstić information content (AvgIpc) is 2.89. The van der Waals surface area contributed by atoms with Gasteiger partial charge in [0.25, 0.3) is 0 Å². The van der Waals surface area contributed by atoms with Gasteiger partial charge < -0.3 is 25.4 Å². The molecule has 3 aromatic rings. The molecule has 39 heavy (non-hydrogen) atoms. The van der Waals surface area contributed by atoms with Crippen molar-refractivity contribution in [3.05, 3.63) is 66.1 Å². The quantitative estimate of drug-likeness (QED) is 0.136. The molecule has 0 saturated carbocycles. The Balaban J connectivity index is 1.67. The number of ether oxygens (including phenoxy) is 2. The summed E-state index contributed by atoms with van der Waals surface area (Å²) >= 11 is 6.50. The summed E-state index contributed by atoms with van der Waals surface area (Å²) in [5.74, 6) is 2.11. The van der Waals surface area contributed by atoms with E-state index in [0.717, 1.165) is 36.4 Å². The third kappa shape index (κ3) is 11.0. The smallest absolute Gasteiger partial charge is 0.407 e. The zero-order valence-corrected chi connectivity index (χ0v) is 24.1. The van der Waals surface area contributed by atoms with Crippen LogP contribution in [0.15, 0.2) is 60.9 Å². The van der Waals surface area contributed by atoms with Gasteiger partial charge in [0.15, 0.2) is 11.0 Å². The molecular formula is C30H40ClN5O3. The fraction of sp³-hybridized carbons (Fsp3) is 0.433. The molecule has 1 heterocycles. The number of carbonyl (C=O) groups excluding carboxylic acids is 1. The minimum absolute atomic E-state index is 0.0740. The molecule has 0 aliphatic rings. The summed E-state index contributed by atoms with van der Waals surface area (Å²) in [6, 6.07) is 17.3. The van der Waals surface area contributed by atoms with Crippen molar-refractivity contribution in [2.24, 2.45) is 0 Å². The molecule has 9 heteroatoms. The van der Waals surface area contributed by atoms with Crippen LogP contribution in [0.3, 0.4) is 0 Å². The van der Waals surface area contributed by atoms with Crippen molar-refractivity contribution < 1.29 is 14.3 Å². The molecule has 0 bridgehead atoms. The fourth-order valence-electron chi connectivity index (χ4n) is 3.92. The average molecular weight is 554 g/mol. The van der Waals surface area contributed by atoms with Crippen LogP contribution in [0, 0.1) is 0 Å². The summed E-state index contributed by atoms with van der Waals surface area (Å²) in [7, 11) is 0. The van der Waals surface area contributed by atoms with Crippen molar-refractivity contribution in [3.8, 4) is 11.5 Å². The van der Waals surface area contributed by atoms with E-state index in [4.69, 9.17) is 21.1 Å². The summed E-state index contributed by atoms with van der Waals surface area (Å²) in [6.07, 6.45) is 7.26. The number of aromatic nitrogens is 2. The molecule has 1 amide bonds. The van der Waals surface area contributed by atoms with E-state index < -0.39 is 11.7 Å². The third-order valence-corrected chi connectivity index (χ3v) is 6.10. The van der Waals surface area contributed by atoms with Crippen molar-refractivity contribution in [1.29, 1.82) is 0 Å². The number of anilines is 3. The van der Waals surface area contributed by atoms with Crippen molar-refractivity contribution >= 4 is 34.9 Å². The van der Waals surface area contributed by atoms with E-state index >= 15 is 0 Å². The topological polar surface area (TPSA) is 97.4 Å². The lowest BCUT2D eigenvalue weighted by Crippen LogP contribution is -2.35. The van der Waals surface area contributed by atoms with Gasteiger partial charge in [-0.2, -0.15) is 0 Å². The third-order valence-electron chi connectivity index (χ3n) is 5.81. The number of rotatable bonds is 14. The van der Waals surface area contributed by atoms with Crippen LogP contribution in [0.4, 0.5) is 22.0 Å². The Labute approximate surface area is 236 Å². The van der Waals surface area contributed by atoms with Crippen molar-refractivity contribution in [2.75, 3.05) is 17.2 Å². The molecule has 3 rings (SSSR count). The van der Waals surface area contributed by atoms with Crippen LogP contribution in [-0.4, -0.2) is 34.2 Å². The largest absolute Gasteiger partial charge is 0.457 e. The number of benzene rings is 2. The van der Waals surface area contributed by atoms with E-state index in [2.05, 4.69) is 32.8 Å². The van der Waals surface area contributed by atoms with Gasteiger partial charge in [-0.15, -0.1) is 0 Å². The Bertz CT molecular complexity index is 1150. The summed E-state index contributed by atoms with van der Waals surface area (Å²) < 4.78 is 11.3. The van der Waals surface area contributed by atoms with Crippen LogP contribution in [0.25, 0.3) is 0 Å². The Hall–Kier alpha value is -3.52. The Kier molecular flexibility index (Phi) is 11.7. The SMILES string of the molecule is CCCCCCC(CCNC(=O)OC(C)(C)C)Nc1ncnc(Cl)c1Nc1ccc(Oc2ccccc2)cc1. The summed E-state index contributed by atoms with van der Waals surface area (Å²) in [5, 5.41) is 10.1. The van der Waals surface area contributed by atoms with Crippen molar-refractivity contribution in [2.45, 2.75) is 77.9 Å². The maximum absolute atomic E-state index is 12.1. The molecule has 0 radical (unpaired) electrons. The highest BCUT2D eigenvalue weighted by Gasteiger charge is 2.18. The van der Waals surface area contributed by atoms with E-state index in [1.54, 1.807) is 0 Å². The minimum atomic E-state index is -0.536. The fourth-order valence-corrected chi connectivity index (χ4v) is 4.10. The number of alkyl carbamates (subject to hydrolysis) is 1. The van der Waals surface area contributed by atoms with Crippen LogP contribution in [0.5, 0.6) is 11.5 Å². The predicted octanol–water partition coefficient (Wildman–Crippen LogP) is 8.33. The monoisotopic (exact) mass is 553 g/mol. The lowest BCUT2D eigenvalue weighted by molar-refractivity contribution is 0.0526. The van der Waals surface area contributed by atoms with E-state index in [9.17, 15) is 4.79 Å². The normalized spacial score (nSPS) is 11.9. The molecule has 3 N–H and O–H groups in total. The van der Waals surface area contributed by atoms with Gasteiger partial charge in [0.1, 0.15) is 29.1 Å². The summed E-state index contributed by atoms with van der Waals surface area (Å²) in [5.41, 5.74) is 0.877. The lowest BCUT2D eigenvalue weighted by atomic mass is 10.0. The number of amides is 1. The zero-order chi connectivity index (χ0) is 28.1. The molecule has 2 aromatic carbocycles. The standard InChI is InChI=1S/C30H40ClN5O3/c1-5-6-7-9-12-22(19-20-32-29(37)39-30(2,3)4)36-28-26(27(31)33-21-34-28)35-23-15-17-25(18-16-23)38-24-13-10-8-11-14-24/h8,10-11,13-18,21-22,35H,5-7,9,12,19-20H2,1-4H3,(H,32,37)(H,33,34,36). The second kappa shape index (κ2) is 15.2.